The van der Waals surface area contributed by atoms with Gasteiger partial charge in [0.05, 0.1) is 0 Å². The molecule has 0 amide bonds. The lowest BCUT2D eigenvalue weighted by atomic mass is 9.97. The lowest BCUT2D eigenvalue weighted by molar-refractivity contribution is 0.668. The summed E-state index contributed by atoms with van der Waals surface area (Å²) in [7, 11) is 0. The van der Waals surface area contributed by atoms with E-state index in [1.165, 1.54) is 33.0 Å². The standard InChI is InChI=1S/C39H26N2O/c1-3-11-27(12-4-1)28-19-21-31(22-20-28)41(39-25-38-36(26-40-39)34-17-9-10-18-37(34)42-38)32-23-30-15-7-8-16-33(30)35(24-32)29-13-5-2-6-14-29/h1-26H. The Morgan fingerprint density at radius 3 is 1.88 bits per heavy atom. The van der Waals surface area contributed by atoms with Crippen LogP contribution in [-0.2, 0) is 0 Å². The predicted molar refractivity (Wildman–Crippen MR) is 175 cm³/mol. The van der Waals surface area contributed by atoms with Crippen LogP contribution in [0, 0.1) is 0 Å². The second-order valence-electron chi connectivity index (χ2n) is 10.5. The maximum absolute atomic E-state index is 6.29. The largest absolute Gasteiger partial charge is 0.456 e. The van der Waals surface area contributed by atoms with Gasteiger partial charge in [0, 0.05) is 34.4 Å². The first kappa shape index (κ1) is 24.2. The number of nitrogens with zero attached hydrogens (tertiary/aromatic N) is 2. The van der Waals surface area contributed by atoms with Gasteiger partial charge in [-0.15, -0.1) is 0 Å². The molecule has 42 heavy (non-hydrogen) atoms. The van der Waals surface area contributed by atoms with Crippen LogP contribution >= 0.6 is 0 Å². The molecular formula is C39H26N2O. The molecule has 0 atom stereocenters. The molecular weight excluding hydrogens is 512 g/mol. The monoisotopic (exact) mass is 538 g/mol. The van der Waals surface area contributed by atoms with E-state index in [0.717, 1.165) is 39.1 Å². The van der Waals surface area contributed by atoms with Crippen LogP contribution in [0.4, 0.5) is 17.2 Å². The zero-order valence-corrected chi connectivity index (χ0v) is 22.8. The van der Waals surface area contributed by atoms with Crippen molar-refractivity contribution in [3.63, 3.8) is 0 Å². The summed E-state index contributed by atoms with van der Waals surface area (Å²) in [6, 6.07) is 53.0. The molecule has 3 heteroatoms. The number of pyridine rings is 1. The van der Waals surface area contributed by atoms with Crippen LogP contribution in [0.5, 0.6) is 0 Å². The average molecular weight is 539 g/mol. The Balaban J connectivity index is 1.35. The third kappa shape index (κ3) is 4.20. The van der Waals surface area contributed by atoms with Crippen molar-refractivity contribution in [3.8, 4) is 22.3 Å². The lowest BCUT2D eigenvalue weighted by Crippen LogP contribution is -2.11. The second kappa shape index (κ2) is 10.1. The summed E-state index contributed by atoms with van der Waals surface area (Å²) < 4.78 is 6.29. The number of benzene rings is 6. The van der Waals surface area contributed by atoms with Crippen LogP contribution in [0.15, 0.2) is 162 Å². The molecule has 0 saturated carbocycles. The van der Waals surface area contributed by atoms with E-state index in [9.17, 15) is 0 Å². The number of hydrogen-bond donors (Lipinski definition) is 0. The summed E-state index contributed by atoms with van der Waals surface area (Å²) in [5, 5.41) is 4.47. The molecule has 2 heterocycles. The highest BCUT2D eigenvalue weighted by Gasteiger charge is 2.19. The van der Waals surface area contributed by atoms with Crippen LogP contribution in [-0.4, -0.2) is 4.98 Å². The van der Waals surface area contributed by atoms with Crippen molar-refractivity contribution < 1.29 is 4.42 Å². The zero-order chi connectivity index (χ0) is 27.9. The first-order valence-corrected chi connectivity index (χ1v) is 14.1. The van der Waals surface area contributed by atoms with Crippen molar-refractivity contribution in [2.75, 3.05) is 4.90 Å². The van der Waals surface area contributed by atoms with Gasteiger partial charge in [-0.05, 0) is 63.4 Å². The minimum absolute atomic E-state index is 0.795. The fourth-order valence-corrected chi connectivity index (χ4v) is 5.86. The van der Waals surface area contributed by atoms with Gasteiger partial charge >= 0.3 is 0 Å². The number of rotatable bonds is 5. The van der Waals surface area contributed by atoms with Crippen molar-refractivity contribution in [3.05, 3.63) is 158 Å². The van der Waals surface area contributed by atoms with Crippen molar-refractivity contribution in [1.82, 2.24) is 4.98 Å². The van der Waals surface area contributed by atoms with Gasteiger partial charge in [0.2, 0.25) is 0 Å². The number of hydrogen-bond acceptors (Lipinski definition) is 3. The van der Waals surface area contributed by atoms with Crippen LogP contribution < -0.4 is 4.90 Å². The number of furan rings is 1. The Bertz CT molecular complexity index is 2180. The van der Waals surface area contributed by atoms with Gasteiger partial charge in [-0.25, -0.2) is 4.98 Å². The van der Waals surface area contributed by atoms with Gasteiger partial charge < -0.3 is 4.42 Å². The highest BCUT2D eigenvalue weighted by Crippen LogP contribution is 2.41. The Kier molecular flexibility index (Phi) is 5.79. The van der Waals surface area contributed by atoms with E-state index in [4.69, 9.17) is 9.40 Å². The quantitative estimate of drug-likeness (QED) is 0.218. The maximum Gasteiger partial charge on any atom is 0.141 e. The average Bonchev–Trinajstić information content (AvgIpc) is 3.44. The summed E-state index contributed by atoms with van der Waals surface area (Å²) in [6.07, 6.45) is 1.93. The molecule has 0 bridgehead atoms. The summed E-state index contributed by atoms with van der Waals surface area (Å²) in [5.41, 5.74) is 8.45. The molecule has 8 aromatic rings. The smallest absolute Gasteiger partial charge is 0.141 e. The van der Waals surface area contributed by atoms with Crippen molar-refractivity contribution >= 4 is 49.9 Å². The normalized spacial score (nSPS) is 11.3. The Labute approximate surface area is 243 Å². The Hall–Kier alpha value is -5.67. The van der Waals surface area contributed by atoms with Crippen LogP contribution in [0.2, 0.25) is 0 Å². The molecule has 6 aromatic carbocycles. The van der Waals surface area contributed by atoms with Gasteiger partial charge in [0.25, 0.3) is 0 Å². The van der Waals surface area contributed by atoms with Crippen molar-refractivity contribution in [2.24, 2.45) is 0 Å². The number of anilines is 3. The topological polar surface area (TPSA) is 29.3 Å². The minimum Gasteiger partial charge on any atom is -0.456 e. The molecule has 3 nitrogen and oxygen atoms in total. The molecule has 0 N–H and O–H groups in total. The molecule has 0 aliphatic carbocycles. The number of aromatic nitrogens is 1. The van der Waals surface area contributed by atoms with Crippen molar-refractivity contribution in [2.45, 2.75) is 0 Å². The summed E-state index contributed by atoms with van der Waals surface area (Å²) >= 11 is 0. The van der Waals surface area contributed by atoms with E-state index in [-0.39, 0.29) is 0 Å². The van der Waals surface area contributed by atoms with Crippen LogP contribution in [0.1, 0.15) is 0 Å². The molecule has 0 saturated heterocycles. The fourth-order valence-electron chi connectivity index (χ4n) is 5.86. The second-order valence-corrected chi connectivity index (χ2v) is 10.5. The minimum atomic E-state index is 0.795. The predicted octanol–water partition coefficient (Wildman–Crippen LogP) is 10.9. The van der Waals surface area contributed by atoms with E-state index in [1.54, 1.807) is 0 Å². The van der Waals surface area contributed by atoms with Gasteiger partial charge in [-0.2, -0.15) is 0 Å². The lowest BCUT2D eigenvalue weighted by Gasteiger charge is -2.26. The summed E-state index contributed by atoms with van der Waals surface area (Å²) in [5.74, 6) is 0.795. The van der Waals surface area contributed by atoms with E-state index in [0.29, 0.717) is 0 Å². The maximum atomic E-state index is 6.29. The molecule has 198 valence electrons. The van der Waals surface area contributed by atoms with Crippen LogP contribution in [0.3, 0.4) is 0 Å². The van der Waals surface area contributed by atoms with Gasteiger partial charge in [-0.1, -0.05) is 115 Å². The summed E-state index contributed by atoms with van der Waals surface area (Å²) in [4.78, 5) is 7.23. The highest BCUT2D eigenvalue weighted by atomic mass is 16.3. The third-order valence-corrected chi connectivity index (χ3v) is 7.90. The molecule has 0 radical (unpaired) electrons. The molecule has 0 fully saturated rings. The fraction of sp³-hybridized carbons (Fsp3) is 0. The molecule has 0 aliphatic rings. The first-order chi connectivity index (χ1) is 20.8. The van der Waals surface area contributed by atoms with E-state index in [1.807, 2.05) is 30.5 Å². The molecule has 2 aromatic heterocycles. The number of fused-ring (bicyclic) bond motifs is 4. The van der Waals surface area contributed by atoms with Crippen molar-refractivity contribution in [1.29, 1.82) is 0 Å². The third-order valence-electron chi connectivity index (χ3n) is 7.90. The molecule has 0 aliphatic heterocycles. The Morgan fingerprint density at radius 1 is 0.452 bits per heavy atom. The number of para-hydroxylation sites is 1. The van der Waals surface area contributed by atoms with Gasteiger partial charge in [0.1, 0.15) is 17.0 Å². The Morgan fingerprint density at radius 2 is 1.10 bits per heavy atom. The SMILES string of the molecule is c1ccc(-c2ccc(N(c3cc(-c4ccccc4)c4ccccc4c3)c3cc4oc5ccccc5c4cn3)cc2)cc1. The van der Waals surface area contributed by atoms with Gasteiger partial charge in [0.15, 0.2) is 0 Å². The molecule has 0 spiro atoms. The van der Waals surface area contributed by atoms with E-state index in [2.05, 4.69) is 132 Å². The highest BCUT2D eigenvalue weighted by molar-refractivity contribution is 6.06. The summed E-state index contributed by atoms with van der Waals surface area (Å²) in [6.45, 7) is 0. The first-order valence-electron chi connectivity index (χ1n) is 14.1. The van der Waals surface area contributed by atoms with E-state index >= 15 is 0 Å². The van der Waals surface area contributed by atoms with E-state index < -0.39 is 0 Å². The molecule has 0 unspecified atom stereocenters. The van der Waals surface area contributed by atoms with Crippen LogP contribution in [0.25, 0.3) is 55.0 Å². The molecule has 8 rings (SSSR count). The van der Waals surface area contributed by atoms with Gasteiger partial charge in [-0.3, -0.25) is 4.90 Å². The zero-order valence-electron chi connectivity index (χ0n) is 22.8.